The van der Waals surface area contributed by atoms with Crippen LogP contribution in [0.3, 0.4) is 0 Å². The lowest BCUT2D eigenvalue weighted by Gasteiger charge is -2.25. The van der Waals surface area contributed by atoms with Crippen molar-refractivity contribution in [1.82, 2.24) is 0 Å². The predicted molar refractivity (Wildman–Crippen MR) is 44.8 cm³/mol. The molecule has 0 spiro atoms. The van der Waals surface area contributed by atoms with Crippen LogP contribution in [0.1, 0.15) is 32.6 Å². The summed E-state index contributed by atoms with van der Waals surface area (Å²) in [7, 11) is 0. The summed E-state index contributed by atoms with van der Waals surface area (Å²) in [5.74, 6) is -0.156. The highest BCUT2D eigenvalue weighted by atomic mass is 16.5. The van der Waals surface area contributed by atoms with Crippen LogP contribution in [0.15, 0.2) is 0 Å². The summed E-state index contributed by atoms with van der Waals surface area (Å²) < 4.78 is 10.2. The van der Waals surface area contributed by atoms with E-state index in [-0.39, 0.29) is 5.97 Å². The molecule has 12 heavy (non-hydrogen) atoms. The van der Waals surface area contributed by atoms with E-state index in [1.807, 2.05) is 6.92 Å². The van der Waals surface area contributed by atoms with Crippen molar-refractivity contribution in [2.45, 2.75) is 38.7 Å². The summed E-state index contributed by atoms with van der Waals surface area (Å²) in [5, 5.41) is 0. The number of carbonyl (C=O) groups is 1. The van der Waals surface area contributed by atoms with Crippen LogP contribution in [-0.2, 0) is 14.3 Å². The fourth-order valence-corrected chi connectivity index (χ4v) is 1.08. The van der Waals surface area contributed by atoms with Crippen LogP contribution in [0.4, 0.5) is 0 Å². The lowest BCUT2D eigenvalue weighted by molar-refractivity contribution is -0.145. The molecule has 3 nitrogen and oxygen atoms in total. The SMILES string of the molecule is CCOC(=O)CCOC1CCC1. The van der Waals surface area contributed by atoms with Gasteiger partial charge in [-0.2, -0.15) is 0 Å². The Morgan fingerprint density at radius 1 is 1.50 bits per heavy atom. The van der Waals surface area contributed by atoms with Gasteiger partial charge in [-0.1, -0.05) is 0 Å². The van der Waals surface area contributed by atoms with Crippen molar-refractivity contribution in [3.63, 3.8) is 0 Å². The Bertz CT molecular complexity index is 141. The molecule has 0 aliphatic heterocycles. The quantitative estimate of drug-likeness (QED) is 0.590. The van der Waals surface area contributed by atoms with E-state index in [1.54, 1.807) is 0 Å². The first-order valence-corrected chi connectivity index (χ1v) is 4.60. The molecule has 1 aliphatic carbocycles. The number of esters is 1. The van der Waals surface area contributed by atoms with E-state index in [2.05, 4.69) is 0 Å². The summed E-state index contributed by atoms with van der Waals surface area (Å²) in [6.07, 6.45) is 4.39. The molecule has 1 aliphatic rings. The second-order valence-electron chi connectivity index (χ2n) is 2.98. The van der Waals surface area contributed by atoms with Crippen molar-refractivity contribution >= 4 is 5.97 Å². The van der Waals surface area contributed by atoms with Crippen LogP contribution in [0.25, 0.3) is 0 Å². The topological polar surface area (TPSA) is 35.5 Å². The van der Waals surface area contributed by atoms with Gasteiger partial charge in [0.1, 0.15) is 0 Å². The number of ether oxygens (including phenoxy) is 2. The van der Waals surface area contributed by atoms with Gasteiger partial charge in [-0.3, -0.25) is 4.79 Å². The fraction of sp³-hybridized carbons (Fsp3) is 0.889. The number of hydrogen-bond donors (Lipinski definition) is 0. The largest absolute Gasteiger partial charge is 0.466 e. The minimum atomic E-state index is -0.156. The predicted octanol–water partition coefficient (Wildman–Crippen LogP) is 1.51. The molecule has 70 valence electrons. The molecule has 0 heterocycles. The highest BCUT2D eigenvalue weighted by Gasteiger charge is 2.17. The average molecular weight is 172 g/mol. The first-order chi connectivity index (χ1) is 5.83. The third kappa shape index (κ3) is 3.22. The Kier molecular flexibility index (Phi) is 4.08. The molecular weight excluding hydrogens is 156 g/mol. The van der Waals surface area contributed by atoms with Gasteiger partial charge in [0.25, 0.3) is 0 Å². The molecule has 3 heteroatoms. The zero-order valence-corrected chi connectivity index (χ0v) is 7.54. The third-order valence-electron chi connectivity index (χ3n) is 2.02. The number of carbonyl (C=O) groups excluding carboxylic acids is 1. The van der Waals surface area contributed by atoms with E-state index in [0.717, 1.165) is 12.8 Å². The maximum Gasteiger partial charge on any atom is 0.308 e. The Morgan fingerprint density at radius 3 is 2.75 bits per heavy atom. The molecule has 0 aromatic rings. The molecular formula is C9H16O3. The molecule has 0 bridgehead atoms. The molecule has 0 amide bonds. The molecule has 0 aromatic heterocycles. The van der Waals surface area contributed by atoms with Crippen molar-refractivity contribution < 1.29 is 14.3 Å². The van der Waals surface area contributed by atoms with Crippen LogP contribution >= 0.6 is 0 Å². The zero-order chi connectivity index (χ0) is 8.81. The Hall–Kier alpha value is -0.570. The van der Waals surface area contributed by atoms with Gasteiger partial charge in [0.05, 0.1) is 25.7 Å². The molecule has 0 radical (unpaired) electrons. The monoisotopic (exact) mass is 172 g/mol. The van der Waals surface area contributed by atoms with E-state index < -0.39 is 0 Å². The van der Waals surface area contributed by atoms with Crippen molar-refractivity contribution in [2.24, 2.45) is 0 Å². The molecule has 1 rings (SSSR count). The van der Waals surface area contributed by atoms with E-state index in [4.69, 9.17) is 9.47 Å². The van der Waals surface area contributed by atoms with Crippen LogP contribution in [-0.4, -0.2) is 25.3 Å². The maximum absolute atomic E-state index is 10.8. The minimum absolute atomic E-state index is 0.156. The maximum atomic E-state index is 10.8. The summed E-state index contributed by atoms with van der Waals surface area (Å²) in [5.41, 5.74) is 0. The van der Waals surface area contributed by atoms with Crippen LogP contribution in [0.2, 0.25) is 0 Å². The summed E-state index contributed by atoms with van der Waals surface area (Å²) in [6, 6.07) is 0. The van der Waals surface area contributed by atoms with Crippen LogP contribution < -0.4 is 0 Å². The standard InChI is InChI=1S/C9H16O3/c1-2-11-9(10)6-7-12-8-4-3-5-8/h8H,2-7H2,1H3. The Morgan fingerprint density at radius 2 is 2.25 bits per heavy atom. The van der Waals surface area contributed by atoms with Crippen LogP contribution in [0, 0.1) is 0 Å². The third-order valence-corrected chi connectivity index (χ3v) is 2.02. The molecule has 0 atom stereocenters. The average Bonchev–Trinajstić information content (AvgIpc) is 1.95. The van der Waals surface area contributed by atoms with E-state index in [9.17, 15) is 4.79 Å². The van der Waals surface area contributed by atoms with Crippen molar-refractivity contribution in [2.75, 3.05) is 13.2 Å². The van der Waals surface area contributed by atoms with Crippen molar-refractivity contribution in [3.8, 4) is 0 Å². The first kappa shape index (κ1) is 9.52. The Balaban J connectivity index is 1.90. The lowest BCUT2D eigenvalue weighted by atomic mass is 9.96. The van der Waals surface area contributed by atoms with Gasteiger partial charge in [-0.15, -0.1) is 0 Å². The first-order valence-electron chi connectivity index (χ1n) is 4.60. The molecule has 1 fully saturated rings. The van der Waals surface area contributed by atoms with Gasteiger partial charge in [0.2, 0.25) is 0 Å². The van der Waals surface area contributed by atoms with Gasteiger partial charge < -0.3 is 9.47 Å². The van der Waals surface area contributed by atoms with Crippen molar-refractivity contribution in [3.05, 3.63) is 0 Å². The van der Waals surface area contributed by atoms with Crippen LogP contribution in [0.5, 0.6) is 0 Å². The lowest BCUT2D eigenvalue weighted by Crippen LogP contribution is -2.23. The van der Waals surface area contributed by atoms with E-state index >= 15 is 0 Å². The molecule has 1 saturated carbocycles. The highest BCUT2D eigenvalue weighted by molar-refractivity contribution is 5.69. The summed E-state index contributed by atoms with van der Waals surface area (Å²) in [4.78, 5) is 10.8. The number of hydrogen-bond acceptors (Lipinski definition) is 3. The van der Waals surface area contributed by atoms with E-state index in [0.29, 0.717) is 25.7 Å². The molecule has 0 N–H and O–H groups in total. The minimum Gasteiger partial charge on any atom is -0.466 e. The molecule has 0 saturated heterocycles. The second kappa shape index (κ2) is 5.14. The fourth-order valence-electron chi connectivity index (χ4n) is 1.08. The summed E-state index contributed by atoms with van der Waals surface area (Å²) >= 11 is 0. The van der Waals surface area contributed by atoms with Gasteiger partial charge in [-0.05, 0) is 26.2 Å². The zero-order valence-electron chi connectivity index (χ0n) is 7.54. The molecule has 0 aromatic carbocycles. The summed E-state index contributed by atoms with van der Waals surface area (Å²) in [6.45, 7) is 2.79. The van der Waals surface area contributed by atoms with Gasteiger partial charge in [0, 0.05) is 0 Å². The highest BCUT2D eigenvalue weighted by Crippen LogP contribution is 2.21. The smallest absolute Gasteiger partial charge is 0.308 e. The van der Waals surface area contributed by atoms with E-state index in [1.165, 1.54) is 6.42 Å². The normalized spacial score (nSPS) is 17.1. The van der Waals surface area contributed by atoms with Gasteiger partial charge in [-0.25, -0.2) is 0 Å². The second-order valence-corrected chi connectivity index (χ2v) is 2.98. The van der Waals surface area contributed by atoms with Crippen molar-refractivity contribution in [1.29, 1.82) is 0 Å². The number of rotatable bonds is 5. The van der Waals surface area contributed by atoms with Gasteiger partial charge in [0.15, 0.2) is 0 Å². The Labute approximate surface area is 73.0 Å². The van der Waals surface area contributed by atoms with Gasteiger partial charge >= 0.3 is 5.97 Å². The molecule has 0 unspecified atom stereocenters.